The summed E-state index contributed by atoms with van der Waals surface area (Å²) in [5.74, 6) is -0.926. The Kier molecular flexibility index (Phi) is 8.85. The van der Waals surface area contributed by atoms with E-state index in [4.69, 9.17) is 29.1 Å². The van der Waals surface area contributed by atoms with Crippen molar-refractivity contribution in [3.8, 4) is 17.3 Å². The zero-order chi connectivity index (χ0) is 33.9. The summed E-state index contributed by atoms with van der Waals surface area (Å²) in [6, 6.07) is 11.3. The third-order valence-corrected chi connectivity index (χ3v) is 12.0. The van der Waals surface area contributed by atoms with Gasteiger partial charge in [-0.25, -0.2) is 4.39 Å². The molecule has 0 spiro atoms. The number of nitrogens with zero attached hydrogens (tertiary/aromatic N) is 6. The summed E-state index contributed by atoms with van der Waals surface area (Å²) in [5, 5.41) is 2.62. The van der Waals surface area contributed by atoms with Gasteiger partial charge in [-0.1, -0.05) is 41.9 Å². The number of hydrogen-bond acceptors (Lipinski definition) is 9. The maximum absolute atomic E-state index is 16.9. The Morgan fingerprint density at radius 2 is 1.80 bits per heavy atom. The monoisotopic (exact) mass is 881 g/mol. The third kappa shape index (κ3) is 5.81. The van der Waals surface area contributed by atoms with Crippen molar-refractivity contribution in [2.45, 2.75) is 69.5 Å². The minimum atomic E-state index is -0.560. The van der Waals surface area contributed by atoms with Crippen molar-refractivity contribution in [1.29, 1.82) is 0 Å². The van der Waals surface area contributed by atoms with Crippen molar-refractivity contribution in [2.24, 2.45) is 5.92 Å². The van der Waals surface area contributed by atoms with Crippen molar-refractivity contribution < 1.29 is 46.7 Å². The fraction of sp³-hybridized carbons (Fsp3) is 0.472. The predicted octanol–water partition coefficient (Wildman–Crippen LogP) is 5.86. The number of benzene rings is 2. The SMILES string of the molecule is C[C@H](CC(=O)N1[C@@H]2CC[C@H]1CN(c1nc(OCC34CCCN3CCC4)nc3c(F)c(-c4cccc5cccc(Cl)c45)ncc13)C2)C(=O)O[At]. The van der Waals surface area contributed by atoms with Crippen LogP contribution in [0, 0.1) is 36.9 Å². The van der Waals surface area contributed by atoms with Gasteiger partial charge >= 0.3 is 150 Å². The molecule has 13 heteroatoms. The van der Waals surface area contributed by atoms with Crippen molar-refractivity contribution in [1.82, 2.24) is 24.8 Å². The molecule has 3 atom stereocenters. The van der Waals surface area contributed by atoms with E-state index in [9.17, 15) is 9.59 Å². The van der Waals surface area contributed by atoms with Crippen LogP contribution in [-0.4, -0.2) is 87.0 Å². The summed E-state index contributed by atoms with van der Waals surface area (Å²) in [6.45, 7) is 5.34. The minimum absolute atomic E-state index is 0.0343. The molecule has 4 fully saturated rings. The van der Waals surface area contributed by atoms with E-state index in [-0.39, 0.29) is 53.1 Å². The molecule has 6 heterocycles. The van der Waals surface area contributed by atoms with E-state index in [1.165, 1.54) is 0 Å². The van der Waals surface area contributed by atoms with Gasteiger partial charge in [-0.05, 0) is 50.2 Å². The van der Waals surface area contributed by atoms with E-state index in [0.29, 0.717) is 41.5 Å². The second-order valence-electron chi connectivity index (χ2n) is 14.0. The molecule has 4 aliphatic rings. The molecule has 0 aliphatic carbocycles. The molecular formula is C36H37AtClFN6O4. The van der Waals surface area contributed by atoms with Gasteiger partial charge in [0.1, 0.15) is 12.3 Å². The summed E-state index contributed by atoms with van der Waals surface area (Å²) in [5.41, 5.74) is 0.853. The molecule has 0 radical (unpaired) electrons. The van der Waals surface area contributed by atoms with Gasteiger partial charge in [0.15, 0.2) is 5.82 Å². The summed E-state index contributed by atoms with van der Waals surface area (Å²) in [6.07, 6.45) is 7.83. The Morgan fingerprint density at radius 3 is 2.51 bits per heavy atom. The van der Waals surface area contributed by atoms with Crippen LogP contribution < -0.4 is 9.64 Å². The van der Waals surface area contributed by atoms with Gasteiger partial charge in [0.25, 0.3) is 0 Å². The van der Waals surface area contributed by atoms with Crippen molar-refractivity contribution in [3.63, 3.8) is 0 Å². The average Bonchev–Trinajstić information content (AvgIpc) is 3.77. The first-order chi connectivity index (χ1) is 23.8. The number of hydrogen-bond donors (Lipinski definition) is 0. The average molecular weight is 882 g/mol. The number of halogens is 2. The van der Waals surface area contributed by atoms with Crippen molar-refractivity contribution >= 4 is 51.0 Å². The van der Waals surface area contributed by atoms with Gasteiger partial charge in [0.2, 0.25) is 0 Å². The van der Waals surface area contributed by atoms with Gasteiger partial charge < -0.3 is 4.74 Å². The van der Waals surface area contributed by atoms with Gasteiger partial charge in [-0.3, -0.25) is 9.88 Å². The van der Waals surface area contributed by atoms with Gasteiger partial charge in [0.05, 0.1) is 5.54 Å². The second kappa shape index (κ2) is 13.2. The van der Waals surface area contributed by atoms with Crippen LogP contribution in [0.1, 0.15) is 51.9 Å². The van der Waals surface area contributed by atoms with Crippen molar-refractivity contribution in [3.05, 3.63) is 53.4 Å². The van der Waals surface area contributed by atoms with Crippen LogP contribution in [0.15, 0.2) is 42.6 Å². The Labute approximate surface area is 304 Å². The van der Waals surface area contributed by atoms with Crippen molar-refractivity contribution in [2.75, 3.05) is 37.7 Å². The zero-order valence-corrected chi connectivity index (χ0v) is 30.9. The number of anilines is 1. The number of aromatic nitrogens is 3. The fourth-order valence-electron chi connectivity index (χ4n) is 8.68. The van der Waals surface area contributed by atoms with Crippen LogP contribution in [0.25, 0.3) is 32.9 Å². The Balaban J connectivity index is 1.17. The molecule has 8 rings (SSSR count). The number of ether oxygens (including phenoxy) is 1. The quantitative estimate of drug-likeness (QED) is 0.216. The third-order valence-electron chi connectivity index (χ3n) is 11.1. The summed E-state index contributed by atoms with van der Waals surface area (Å²) in [4.78, 5) is 46.4. The van der Waals surface area contributed by atoms with Crippen LogP contribution in [0.4, 0.5) is 10.2 Å². The summed E-state index contributed by atoms with van der Waals surface area (Å²) < 4.78 is 28.2. The molecule has 1 amide bonds. The summed E-state index contributed by atoms with van der Waals surface area (Å²) in [7, 11) is 0. The molecule has 4 saturated heterocycles. The van der Waals surface area contributed by atoms with E-state index in [2.05, 4.69) is 14.8 Å². The first-order valence-corrected chi connectivity index (χ1v) is 18.6. The van der Waals surface area contributed by atoms with Crippen LogP contribution in [0.2, 0.25) is 5.02 Å². The number of rotatable bonds is 8. The van der Waals surface area contributed by atoms with E-state index in [1.54, 1.807) is 19.2 Å². The topological polar surface area (TPSA) is 101 Å². The Morgan fingerprint density at radius 1 is 1.08 bits per heavy atom. The van der Waals surface area contributed by atoms with Gasteiger partial charge in [-0.15, -0.1) is 0 Å². The van der Waals surface area contributed by atoms with E-state index >= 15 is 4.39 Å². The molecule has 2 aromatic heterocycles. The molecule has 0 saturated carbocycles. The Hall–Kier alpha value is -3.21. The standard InChI is InChI=1S/C36H37AtClFN6O4/c1-21(34(47)49-37)16-28(46)45-23-10-11-24(45)19-43(18-23)33-26-17-40-31(25-8-2-6-22-7-3-9-27(38)29(22)25)30(39)32(26)41-35(42-33)48-20-36-12-4-14-44(36)15-5-13-36/h2-3,6-9,17,21,23-24H,4-5,10-16,18-20H2,1H3/t21-,23-,24+/m1/s1. The van der Waals surface area contributed by atoms with E-state index < -0.39 is 11.7 Å². The van der Waals surface area contributed by atoms with Crippen LogP contribution >= 0.6 is 11.6 Å². The molecule has 4 aliphatic heterocycles. The van der Waals surface area contributed by atoms with Crippen LogP contribution in [0.3, 0.4) is 0 Å². The molecule has 256 valence electrons. The Bertz CT molecular complexity index is 1940. The number of carbonyl (C=O) groups is 2. The number of amides is 1. The van der Waals surface area contributed by atoms with Crippen LogP contribution in [0.5, 0.6) is 6.01 Å². The van der Waals surface area contributed by atoms with E-state index in [1.807, 2.05) is 35.2 Å². The zero-order valence-electron chi connectivity index (χ0n) is 27.2. The van der Waals surface area contributed by atoms with E-state index in [0.717, 1.165) is 87.5 Å². The van der Waals surface area contributed by atoms with Crippen LogP contribution in [-0.2, 0) is 12.4 Å². The number of piperazine rings is 1. The first kappa shape index (κ1) is 33.0. The number of pyridine rings is 1. The first-order valence-electron chi connectivity index (χ1n) is 17.1. The van der Waals surface area contributed by atoms with Gasteiger partial charge in [-0.2, -0.15) is 4.98 Å². The number of fused-ring (bicyclic) bond motifs is 5. The number of carbonyl (C=O) groups excluding carboxylic acids is 2. The molecule has 49 heavy (non-hydrogen) atoms. The molecular weight excluding hydrogens is 845 g/mol. The molecule has 0 N–H and O–H groups in total. The molecule has 0 unspecified atom stereocenters. The normalized spacial score (nSPS) is 22.1. The predicted molar refractivity (Wildman–Crippen MR) is 179 cm³/mol. The molecule has 2 aromatic carbocycles. The summed E-state index contributed by atoms with van der Waals surface area (Å²) >= 11 is 7.57. The maximum atomic E-state index is 16.9. The molecule has 10 nitrogen and oxygen atoms in total. The van der Waals surface area contributed by atoms with Gasteiger partial charge in [0, 0.05) is 16.0 Å². The molecule has 2 bridgehead atoms. The molecule has 4 aromatic rings. The second-order valence-corrected chi connectivity index (χ2v) is 15.0. The fourth-order valence-corrected chi connectivity index (χ4v) is 9.55.